The molecule has 1 aromatic heterocycles. The van der Waals surface area contributed by atoms with Crippen molar-refractivity contribution < 1.29 is 4.79 Å². The molecule has 0 spiro atoms. The SMILES string of the molecule is CC(=O)NCc1nc(C)nn1Cc1ccccc1C. The molecule has 2 rings (SSSR count). The van der Waals surface area contributed by atoms with E-state index < -0.39 is 0 Å². The minimum atomic E-state index is -0.0666. The van der Waals surface area contributed by atoms with Crippen molar-refractivity contribution in [3.8, 4) is 0 Å². The largest absolute Gasteiger partial charge is 0.349 e. The van der Waals surface area contributed by atoms with Gasteiger partial charge in [0.1, 0.15) is 11.6 Å². The molecule has 2 aromatic rings. The number of benzene rings is 1. The van der Waals surface area contributed by atoms with E-state index in [1.165, 1.54) is 18.1 Å². The van der Waals surface area contributed by atoms with Crippen molar-refractivity contribution in [2.45, 2.75) is 33.9 Å². The lowest BCUT2D eigenvalue weighted by atomic mass is 10.1. The van der Waals surface area contributed by atoms with Crippen molar-refractivity contribution in [3.05, 3.63) is 47.0 Å². The summed E-state index contributed by atoms with van der Waals surface area (Å²) in [4.78, 5) is 15.3. The summed E-state index contributed by atoms with van der Waals surface area (Å²) in [6, 6.07) is 8.18. The molecule has 0 bridgehead atoms. The fraction of sp³-hybridized carbons (Fsp3) is 0.357. The molecule has 100 valence electrons. The predicted molar refractivity (Wildman–Crippen MR) is 72.6 cm³/mol. The van der Waals surface area contributed by atoms with Gasteiger partial charge in [0.25, 0.3) is 0 Å². The predicted octanol–water partition coefficient (Wildman–Crippen LogP) is 1.58. The van der Waals surface area contributed by atoms with Crippen molar-refractivity contribution in [1.29, 1.82) is 0 Å². The number of rotatable bonds is 4. The van der Waals surface area contributed by atoms with Crippen LogP contribution in [0.15, 0.2) is 24.3 Å². The summed E-state index contributed by atoms with van der Waals surface area (Å²) in [7, 11) is 0. The van der Waals surface area contributed by atoms with E-state index >= 15 is 0 Å². The van der Waals surface area contributed by atoms with Gasteiger partial charge in [0.05, 0.1) is 13.1 Å². The van der Waals surface area contributed by atoms with Gasteiger partial charge in [-0.05, 0) is 25.0 Å². The zero-order chi connectivity index (χ0) is 13.8. The highest BCUT2D eigenvalue weighted by atomic mass is 16.1. The van der Waals surface area contributed by atoms with E-state index in [4.69, 9.17) is 0 Å². The molecule has 1 heterocycles. The number of amides is 1. The average molecular weight is 258 g/mol. The van der Waals surface area contributed by atoms with Crippen LogP contribution in [0.5, 0.6) is 0 Å². The van der Waals surface area contributed by atoms with Crippen LogP contribution < -0.4 is 5.32 Å². The third-order valence-corrected chi connectivity index (χ3v) is 2.93. The van der Waals surface area contributed by atoms with Crippen LogP contribution in [0, 0.1) is 13.8 Å². The molecule has 0 fully saturated rings. The Morgan fingerprint density at radius 1 is 1.32 bits per heavy atom. The van der Waals surface area contributed by atoms with Crippen LogP contribution in [0.4, 0.5) is 0 Å². The Labute approximate surface area is 112 Å². The topological polar surface area (TPSA) is 59.8 Å². The highest BCUT2D eigenvalue weighted by Gasteiger charge is 2.09. The maximum atomic E-state index is 11.0. The van der Waals surface area contributed by atoms with Gasteiger partial charge in [-0.1, -0.05) is 24.3 Å². The van der Waals surface area contributed by atoms with E-state index in [0.29, 0.717) is 18.9 Å². The smallest absolute Gasteiger partial charge is 0.217 e. The van der Waals surface area contributed by atoms with Gasteiger partial charge in [0.15, 0.2) is 0 Å². The molecule has 1 amide bonds. The highest BCUT2D eigenvalue weighted by molar-refractivity contribution is 5.72. The van der Waals surface area contributed by atoms with Gasteiger partial charge in [-0.25, -0.2) is 9.67 Å². The fourth-order valence-electron chi connectivity index (χ4n) is 1.91. The first kappa shape index (κ1) is 13.3. The number of hydrogen-bond donors (Lipinski definition) is 1. The maximum absolute atomic E-state index is 11.0. The Balaban J connectivity index is 2.20. The van der Waals surface area contributed by atoms with Crippen LogP contribution in [-0.4, -0.2) is 20.7 Å². The maximum Gasteiger partial charge on any atom is 0.217 e. The Morgan fingerprint density at radius 3 is 2.74 bits per heavy atom. The lowest BCUT2D eigenvalue weighted by molar-refractivity contribution is -0.119. The van der Waals surface area contributed by atoms with E-state index in [1.54, 1.807) is 0 Å². The highest BCUT2D eigenvalue weighted by Crippen LogP contribution is 2.10. The molecule has 0 radical (unpaired) electrons. The summed E-state index contributed by atoms with van der Waals surface area (Å²) >= 11 is 0. The molecule has 0 aliphatic carbocycles. The molecule has 0 saturated carbocycles. The average Bonchev–Trinajstić information content (AvgIpc) is 2.70. The number of nitrogens with one attached hydrogen (secondary N) is 1. The van der Waals surface area contributed by atoms with Gasteiger partial charge in [0.2, 0.25) is 5.91 Å². The first-order valence-electron chi connectivity index (χ1n) is 6.25. The van der Waals surface area contributed by atoms with Crippen LogP contribution >= 0.6 is 0 Å². The van der Waals surface area contributed by atoms with Crippen molar-refractivity contribution in [2.75, 3.05) is 0 Å². The Hall–Kier alpha value is -2.17. The van der Waals surface area contributed by atoms with Crippen LogP contribution in [0.25, 0.3) is 0 Å². The number of aryl methyl sites for hydroxylation is 2. The Bertz CT molecular complexity index is 589. The molecular formula is C14H18N4O. The normalized spacial score (nSPS) is 10.5. The van der Waals surface area contributed by atoms with Crippen LogP contribution in [-0.2, 0) is 17.9 Å². The third kappa shape index (κ3) is 3.40. The first-order valence-corrected chi connectivity index (χ1v) is 6.25. The molecule has 5 heteroatoms. The van der Waals surface area contributed by atoms with E-state index in [0.717, 1.165) is 5.82 Å². The Kier molecular flexibility index (Phi) is 3.94. The van der Waals surface area contributed by atoms with E-state index in [-0.39, 0.29) is 5.91 Å². The van der Waals surface area contributed by atoms with Crippen LogP contribution in [0.1, 0.15) is 29.7 Å². The molecule has 1 N–H and O–H groups in total. The molecule has 0 atom stereocenters. The number of hydrogen-bond acceptors (Lipinski definition) is 3. The first-order chi connectivity index (χ1) is 9.06. The van der Waals surface area contributed by atoms with Crippen molar-refractivity contribution in [2.24, 2.45) is 0 Å². The second-order valence-corrected chi connectivity index (χ2v) is 4.57. The van der Waals surface area contributed by atoms with Crippen molar-refractivity contribution >= 4 is 5.91 Å². The summed E-state index contributed by atoms with van der Waals surface area (Å²) in [6.07, 6.45) is 0. The van der Waals surface area contributed by atoms with Crippen LogP contribution in [0.3, 0.4) is 0 Å². The Morgan fingerprint density at radius 2 is 2.05 bits per heavy atom. The van der Waals surface area contributed by atoms with Crippen molar-refractivity contribution in [3.63, 3.8) is 0 Å². The summed E-state index contributed by atoms with van der Waals surface area (Å²) in [6.45, 7) is 6.50. The second kappa shape index (κ2) is 5.65. The standard InChI is InChI=1S/C14H18N4O/c1-10-6-4-5-7-13(10)9-18-14(8-15-12(3)19)16-11(2)17-18/h4-7H,8-9H2,1-3H3,(H,15,19). The van der Waals surface area contributed by atoms with Gasteiger partial charge in [-0.2, -0.15) is 5.10 Å². The lowest BCUT2D eigenvalue weighted by Gasteiger charge is -2.08. The molecule has 0 unspecified atom stereocenters. The quantitative estimate of drug-likeness (QED) is 0.905. The third-order valence-electron chi connectivity index (χ3n) is 2.93. The van der Waals surface area contributed by atoms with Gasteiger partial charge in [-0.3, -0.25) is 4.79 Å². The molecule has 0 aliphatic heterocycles. The second-order valence-electron chi connectivity index (χ2n) is 4.57. The van der Waals surface area contributed by atoms with Gasteiger partial charge in [0, 0.05) is 6.92 Å². The summed E-state index contributed by atoms with van der Waals surface area (Å²) in [5, 5.41) is 7.13. The van der Waals surface area contributed by atoms with Crippen molar-refractivity contribution in [1.82, 2.24) is 20.1 Å². The monoisotopic (exact) mass is 258 g/mol. The molecule has 19 heavy (non-hydrogen) atoms. The minimum Gasteiger partial charge on any atom is -0.349 e. The fourth-order valence-corrected chi connectivity index (χ4v) is 1.91. The zero-order valence-electron chi connectivity index (χ0n) is 11.5. The summed E-state index contributed by atoms with van der Waals surface area (Å²) < 4.78 is 1.84. The summed E-state index contributed by atoms with van der Waals surface area (Å²) in [5.74, 6) is 1.42. The molecule has 0 aliphatic rings. The molecule has 1 aromatic carbocycles. The van der Waals surface area contributed by atoms with E-state index in [1.807, 2.05) is 23.7 Å². The number of nitrogens with zero attached hydrogens (tertiary/aromatic N) is 3. The lowest BCUT2D eigenvalue weighted by Crippen LogP contribution is -2.22. The number of carbonyl (C=O) groups excluding carboxylic acids is 1. The number of carbonyl (C=O) groups is 1. The zero-order valence-corrected chi connectivity index (χ0v) is 11.5. The van der Waals surface area contributed by atoms with Gasteiger partial charge < -0.3 is 5.32 Å². The summed E-state index contributed by atoms with van der Waals surface area (Å²) in [5.41, 5.74) is 2.43. The van der Waals surface area contributed by atoms with Crippen LogP contribution in [0.2, 0.25) is 0 Å². The van der Waals surface area contributed by atoms with Gasteiger partial charge >= 0.3 is 0 Å². The van der Waals surface area contributed by atoms with E-state index in [2.05, 4.69) is 34.5 Å². The van der Waals surface area contributed by atoms with Gasteiger partial charge in [-0.15, -0.1) is 0 Å². The minimum absolute atomic E-state index is 0.0666. The number of aromatic nitrogens is 3. The molecule has 0 saturated heterocycles. The molecular weight excluding hydrogens is 240 g/mol. The molecule has 5 nitrogen and oxygen atoms in total. The van der Waals surface area contributed by atoms with E-state index in [9.17, 15) is 4.79 Å².